The fourth-order valence-electron chi connectivity index (χ4n) is 3.27. The molecule has 0 aromatic carbocycles. The normalized spacial score (nSPS) is 22.6. The Labute approximate surface area is 124 Å². The summed E-state index contributed by atoms with van der Waals surface area (Å²) in [4.78, 5) is 14.9. The highest BCUT2D eigenvalue weighted by molar-refractivity contribution is 5.82. The third-order valence-corrected chi connectivity index (χ3v) is 5.20. The molecule has 0 saturated carbocycles. The second kappa shape index (κ2) is 7.99. The monoisotopic (exact) mass is 283 g/mol. The van der Waals surface area contributed by atoms with Crippen LogP contribution >= 0.6 is 0 Å². The number of amides is 1. The number of likely N-dealkylation sites (tertiary alicyclic amines) is 1. The van der Waals surface area contributed by atoms with E-state index >= 15 is 0 Å². The Bertz CT molecular complexity index is 294. The third kappa shape index (κ3) is 3.95. The van der Waals surface area contributed by atoms with Gasteiger partial charge in [0.15, 0.2) is 0 Å². The number of piperidine rings is 1. The van der Waals surface area contributed by atoms with Crippen LogP contribution in [0.1, 0.15) is 59.8 Å². The summed E-state index contributed by atoms with van der Waals surface area (Å²) < 4.78 is 0. The Morgan fingerprint density at radius 2 is 2.05 bits per heavy atom. The number of nitrogens with one attached hydrogen (secondary N) is 1. The fourth-order valence-corrected chi connectivity index (χ4v) is 3.27. The minimum absolute atomic E-state index is 0.126. The van der Waals surface area contributed by atoms with Crippen LogP contribution in [0, 0.1) is 5.41 Å². The molecule has 1 fully saturated rings. The molecule has 1 amide bonds. The summed E-state index contributed by atoms with van der Waals surface area (Å²) in [5, 5.41) is 3.13. The van der Waals surface area contributed by atoms with Crippen LogP contribution in [0.3, 0.4) is 0 Å². The van der Waals surface area contributed by atoms with E-state index in [1.54, 1.807) is 0 Å². The first-order chi connectivity index (χ1) is 9.50. The molecule has 0 radical (unpaired) electrons. The number of hydrogen-bond acceptors (Lipinski definition) is 3. The van der Waals surface area contributed by atoms with Gasteiger partial charge in [0.25, 0.3) is 0 Å². The van der Waals surface area contributed by atoms with Crippen LogP contribution in [0.4, 0.5) is 0 Å². The molecule has 1 aliphatic rings. The first kappa shape index (κ1) is 17.4. The lowest BCUT2D eigenvalue weighted by Crippen LogP contribution is -2.52. The molecule has 20 heavy (non-hydrogen) atoms. The summed E-state index contributed by atoms with van der Waals surface area (Å²) in [5.74, 6) is 0.126. The standard InChI is InChI=1S/C16H33N3O/c1-5-16(6-2,12-17)15(20)18-11-14(4)19-10-8-7-9-13(19)3/h13-14H,5-12,17H2,1-4H3,(H,18,20). The van der Waals surface area contributed by atoms with E-state index in [-0.39, 0.29) is 11.3 Å². The van der Waals surface area contributed by atoms with Gasteiger partial charge in [-0.05, 0) is 46.1 Å². The molecule has 1 aliphatic heterocycles. The van der Waals surface area contributed by atoms with Crippen molar-refractivity contribution >= 4 is 5.91 Å². The van der Waals surface area contributed by atoms with Crippen LogP contribution in [-0.4, -0.2) is 42.5 Å². The molecule has 3 N–H and O–H groups in total. The van der Waals surface area contributed by atoms with E-state index < -0.39 is 0 Å². The molecule has 4 nitrogen and oxygen atoms in total. The maximum atomic E-state index is 12.4. The smallest absolute Gasteiger partial charge is 0.227 e. The molecule has 0 spiro atoms. The zero-order valence-electron chi connectivity index (χ0n) is 13.7. The van der Waals surface area contributed by atoms with Crippen molar-refractivity contribution in [3.05, 3.63) is 0 Å². The molecule has 2 atom stereocenters. The number of nitrogens with two attached hydrogens (primary N) is 1. The number of rotatable bonds is 7. The van der Waals surface area contributed by atoms with Crippen molar-refractivity contribution < 1.29 is 4.79 Å². The molecule has 0 aromatic heterocycles. The highest BCUT2D eigenvalue weighted by Crippen LogP contribution is 2.25. The quantitative estimate of drug-likeness (QED) is 0.752. The van der Waals surface area contributed by atoms with E-state index in [0.717, 1.165) is 25.9 Å². The van der Waals surface area contributed by atoms with Crippen molar-refractivity contribution in [2.24, 2.45) is 11.1 Å². The first-order valence-corrected chi connectivity index (χ1v) is 8.24. The summed E-state index contributed by atoms with van der Waals surface area (Å²) in [6.45, 7) is 10.9. The number of nitrogens with zero attached hydrogens (tertiary/aromatic N) is 1. The average Bonchev–Trinajstić information content (AvgIpc) is 2.47. The number of carbonyl (C=O) groups excluding carboxylic acids is 1. The Kier molecular flexibility index (Phi) is 6.96. The first-order valence-electron chi connectivity index (χ1n) is 8.24. The molecule has 2 unspecified atom stereocenters. The molecule has 0 aliphatic carbocycles. The van der Waals surface area contributed by atoms with E-state index in [4.69, 9.17) is 5.73 Å². The Morgan fingerprint density at radius 3 is 2.55 bits per heavy atom. The lowest BCUT2D eigenvalue weighted by Gasteiger charge is -2.38. The summed E-state index contributed by atoms with van der Waals surface area (Å²) in [6.07, 6.45) is 5.49. The van der Waals surface area contributed by atoms with Crippen LogP contribution in [0.15, 0.2) is 0 Å². The molecule has 0 aromatic rings. The van der Waals surface area contributed by atoms with Gasteiger partial charge < -0.3 is 11.1 Å². The third-order valence-electron chi connectivity index (χ3n) is 5.20. The SMILES string of the molecule is CCC(CC)(CN)C(=O)NCC(C)N1CCCCC1C. The summed E-state index contributed by atoms with van der Waals surface area (Å²) >= 11 is 0. The van der Waals surface area contributed by atoms with Crippen LogP contribution in [0.5, 0.6) is 0 Å². The molecular formula is C16H33N3O. The largest absolute Gasteiger partial charge is 0.354 e. The summed E-state index contributed by atoms with van der Waals surface area (Å²) in [7, 11) is 0. The number of carbonyl (C=O) groups is 1. The van der Waals surface area contributed by atoms with Gasteiger partial charge in [-0.1, -0.05) is 20.3 Å². The Balaban J connectivity index is 2.51. The van der Waals surface area contributed by atoms with Gasteiger partial charge in [0.05, 0.1) is 5.41 Å². The van der Waals surface area contributed by atoms with Crippen molar-refractivity contribution in [2.45, 2.75) is 71.9 Å². The minimum atomic E-state index is -0.382. The summed E-state index contributed by atoms with van der Waals surface area (Å²) in [6, 6.07) is 1.03. The second-order valence-electron chi connectivity index (χ2n) is 6.33. The molecule has 0 bridgehead atoms. The molecule has 1 saturated heterocycles. The predicted molar refractivity (Wildman–Crippen MR) is 84.6 cm³/mol. The van der Waals surface area contributed by atoms with E-state index in [2.05, 4.69) is 24.1 Å². The molecule has 4 heteroatoms. The van der Waals surface area contributed by atoms with Crippen molar-refractivity contribution in [3.63, 3.8) is 0 Å². The highest BCUT2D eigenvalue weighted by atomic mass is 16.2. The molecule has 118 valence electrons. The molecule has 1 rings (SSSR count). The minimum Gasteiger partial charge on any atom is -0.354 e. The predicted octanol–water partition coefficient (Wildman–Crippen LogP) is 2.13. The van der Waals surface area contributed by atoms with Gasteiger partial charge in [0.1, 0.15) is 0 Å². The Morgan fingerprint density at radius 1 is 1.40 bits per heavy atom. The van der Waals surface area contributed by atoms with Crippen LogP contribution in [-0.2, 0) is 4.79 Å². The van der Waals surface area contributed by atoms with Crippen molar-refractivity contribution in [3.8, 4) is 0 Å². The van der Waals surface area contributed by atoms with Crippen molar-refractivity contribution in [2.75, 3.05) is 19.6 Å². The van der Waals surface area contributed by atoms with Crippen LogP contribution in [0.2, 0.25) is 0 Å². The lowest BCUT2D eigenvalue weighted by molar-refractivity contribution is -0.131. The molecular weight excluding hydrogens is 250 g/mol. The van der Waals surface area contributed by atoms with Gasteiger partial charge in [-0.25, -0.2) is 0 Å². The van der Waals surface area contributed by atoms with E-state index in [1.807, 2.05) is 13.8 Å². The topological polar surface area (TPSA) is 58.4 Å². The Hall–Kier alpha value is -0.610. The maximum absolute atomic E-state index is 12.4. The lowest BCUT2D eigenvalue weighted by atomic mass is 9.81. The van der Waals surface area contributed by atoms with Gasteiger partial charge >= 0.3 is 0 Å². The zero-order chi connectivity index (χ0) is 15.2. The second-order valence-corrected chi connectivity index (χ2v) is 6.33. The van der Waals surface area contributed by atoms with E-state index in [0.29, 0.717) is 18.6 Å². The van der Waals surface area contributed by atoms with E-state index in [9.17, 15) is 4.79 Å². The van der Waals surface area contributed by atoms with Crippen molar-refractivity contribution in [1.82, 2.24) is 10.2 Å². The van der Waals surface area contributed by atoms with E-state index in [1.165, 1.54) is 19.3 Å². The molecule has 1 heterocycles. The van der Waals surface area contributed by atoms with Gasteiger partial charge in [0.2, 0.25) is 5.91 Å². The van der Waals surface area contributed by atoms with Crippen LogP contribution < -0.4 is 11.1 Å². The zero-order valence-corrected chi connectivity index (χ0v) is 13.7. The van der Waals surface area contributed by atoms with Gasteiger partial charge in [-0.2, -0.15) is 0 Å². The average molecular weight is 283 g/mol. The van der Waals surface area contributed by atoms with Gasteiger partial charge in [0, 0.05) is 25.2 Å². The van der Waals surface area contributed by atoms with Crippen molar-refractivity contribution in [1.29, 1.82) is 0 Å². The number of hydrogen-bond donors (Lipinski definition) is 2. The van der Waals surface area contributed by atoms with Gasteiger partial charge in [-0.3, -0.25) is 9.69 Å². The van der Waals surface area contributed by atoms with Gasteiger partial charge in [-0.15, -0.1) is 0 Å². The highest BCUT2D eigenvalue weighted by Gasteiger charge is 2.33. The maximum Gasteiger partial charge on any atom is 0.227 e. The summed E-state index contributed by atoms with van der Waals surface area (Å²) in [5.41, 5.74) is 5.45. The fraction of sp³-hybridized carbons (Fsp3) is 0.938. The van der Waals surface area contributed by atoms with Crippen LogP contribution in [0.25, 0.3) is 0 Å².